The van der Waals surface area contributed by atoms with Crippen molar-refractivity contribution in [3.63, 3.8) is 0 Å². The van der Waals surface area contributed by atoms with Crippen LogP contribution in [0, 0.1) is 11.8 Å². The summed E-state index contributed by atoms with van der Waals surface area (Å²) in [6.45, 7) is 8.68. The second-order valence-electron chi connectivity index (χ2n) is 3.38. The quantitative estimate of drug-likeness (QED) is 0.632. The zero-order valence-electron chi connectivity index (χ0n) is 8.77. The summed E-state index contributed by atoms with van der Waals surface area (Å²) >= 11 is 0. The molecule has 1 nitrogen and oxygen atoms in total. The van der Waals surface area contributed by atoms with Gasteiger partial charge in [0.1, 0.15) is 0 Å². The van der Waals surface area contributed by atoms with Gasteiger partial charge >= 0.3 is 0 Å². The van der Waals surface area contributed by atoms with Gasteiger partial charge in [0, 0.05) is 0 Å². The molecule has 0 aromatic heterocycles. The summed E-state index contributed by atoms with van der Waals surface area (Å²) in [4.78, 5) is 0. The predicted octanol–water partition coefficient (Wildman–Crippen LogP) is 2.96. The predicted molar refractivity (Wildman–Crippen MR) is 56.0 cm³/mol. The van der Waals surface area contributed by atoms with Crippen LogP contribution in [0.1, 0.15) is 39.5 Å². The molecule has 2 atom stereocenters. The normalized spacial score (nSPS) is 28.2. The largest absolute Gasteiger partial charge is 0.333 e. The Morgan fingerprint density at radius 3 is 2.25 bits per heavy atom. The summed E-state index contributed by atoms with van der Waals surface area (Å²) in [5.41, 5.74) is 6.01. The minimum Gasteiger partial charge on any atom is -0.333 e. The molecule has 0 saturated heterocycles. The summed E-state index contributed by atoms with van der Waals surface area (Å²) in [5, 5.41) is 0. The molecule has 0 radical (unpaired) electrons. The molecule has 0 aromatic carbocycles. The van der Waals surface area contributed by atoms with Crippen LogP contribution in [0.4, 0.5) is 0 Å². The lowest BCUT2D eigenvalue weighted by molar-refractivity contribution is 0.399. The molecule has 72 valence electrons. The highest BCUT2D eigenvalue weighted by Crippen LogP contribution is 2.39. The van der Waals surface area contributed by atoms with Crippen molar-refractivity contribution in [2.45, 2.75) is 39.5 Å². The van der Waals surface area contributed by atoms with Crippen LogP contribution in [-0.2, 0) is 0 Å². The number of hydrogen-bond donors (Lipinski definition) is 1. The van der Waals surface area contributed by atoms with Crippen molar-refractivity contribution in [3.8, 4) is 0 Å². The maximum absolute atomic E-state index is 4.50. The molecule has 1 saturated carbocycles. The number of hydrogen-bond acceptors (Lipinski definition) is 1. The lowest BCUT2D eigenvalue weighted by Crippen LogP contribution is -2.05. The van der Waals surface area contributed by atoms with E-state index in [2.05, 4.69) is 26.2 Å². The van der Waals surface area contributed by atoms with Gasteiger partial charge in [-0.2, -0.15) is 0 Å². The fourth-order valence-corrected chi connectivity index (χ4v) is 2.20. The Balaban J connectivity index is 0.000000561. The third-order valence-electron chi connectivity index (χ3n) is 2.89. The van der Waals surface area contributed by atoms with E-state index in [-0.39, 0.29) is 0 Å². The van der Waals surface area contributed by atoms with Crippen molar-refractivity contribution in [3.05, 3.63) is 12.2 Å². The van der Waals surface area contributed by atoms with E-state index in [9.17, 15) is 0 Å². The Morgan fingerprint density at radius 1 is 1.33 bits per heavy atom. The van der Waals surface area contributed by atoms with Crippen molar-refractivity contribution in [2.24, 2.45) is 17.6 Å². The van der Waals surface area contributed by atoms with Crippen LogP contribution >= 0.6 is 0 Å². The topological polar surface area (TPSA) is 26.0 Å². The molecule has 1 aliphatic rings. The van der Waals surface area contributed by atoms with Gasteiger partial charge in [0.15, 0.2) is 0 Å². The average Bonchev–Trinajstić information content (AvgIpc) is 2.49. The summed E-state index contributed by atoms with van der Waals surface area (Å²) in [6, 6.07) is 0. The van der Waals surface area contributed by atoms with Gasteiger partial charge in [-0.15, -0.1) is 0 Å². The first-order valence-corrected chi connectivity index (χ1v) is 5.05. The highest BCUT2D eigenvalue weighted by atomic mass is 14.4. The van der Waals surface area contributed by atoms with Gasteiger partial charge in [0.25, 0.3) is 0 Å². The lowest BCUT2D eigenvalue weighted by Gasteiger charge is -2.15. The van der Waals surface area contributed by atoms with Crippen LogP contribution < -0.4 is 5.73 Å². The van der Waals surface area contributed by atoms with Gasteiger partial charge in [-0.05, 0) is 38.1 Å². The van der Waals surface area contributed by atoms with Gasteiger partial charge < -0.3 is 5.73 Å². The minimum absolute atomic E-state index is 0.852. The van der Waals surface area contributed by atoms with Crippen LogP contribution in [0.5, 0.6) is 0 Å². The van der Waals surface area contributed by atoms with Gasteiger partial charge in [0.2, 0.25) is 0 Å². The van der Waals surface area contributed by atoms with Crippen molar-refractivity contribution in [1.29, 1.82) is 0 Å². The van der Waals surface area contributed by atoms with Gasteiger partial charge in [-0.1, -0.05) is 32.4 Å². The summed E-state index contributed by atoms with van der Waals surface area (Å²) in [5.74, 6) is 1.81. The summed E-state index contributed by atoms with van der Waals surface area (Å²) in [6.07, 6.45) is 5.33. The molecule has 0 bridgehead atoms. The fraction of sp³-hybridized carbons (Fsp3) is 0.818. The van der Waals surface area contributed by atoms with Gasteiger partial charge in [-0.25, -0.2) is 0 Å². The monoisotopic (exact) mass is 169 g/mol. The Morgan fingerprint density at radius 2 is 1.92 bits per heavy atom. The van der Waals surface area contributed by atoms with Crippen LogP contribution in [-0.4, -0.2) is 7.05 Å². The van der Waals surface area contributed by atoms with Crippen molar-refractivity contribution >= 4 is 0 Å². The van der Waals surface area contributed by atoms with Crippen molar-refractivity contribution < 1.29 is 0 Å². The molecule has 0 amide bonds. The van der Waals surface area contributed by atoms with E-state index in [1.54, 1.807) is 0 Å². The van der Waals surface area contributed by atoms with E-state index in [1.165, 1.54) is 38.3 Å². The smallest absolute Gasteiger partial charge is 0.0180 e. The number of rotatable bonds is 2. The maximum atomic E-state index is 4.50. The first-order chi connectivity index (χ1) is 5.79. The first kappa shape index (κ1) is 11.7. The molecule has 0 heterocycles. The van der Waals surface area contributed by atoms with Crippen LogP contribution in [0.2, 0.25) is 0 Å². The molecule has 0 spiro atoms. The van der Waals surface area contributed by atoms with Crippen molar-refractivity contribution in [1.82, 2.24) is 0 Å². The molecule has 1 heteroatoms. The molecule has 1 aliphatic carbocycles. The second-order valence-corrected chi connectivity index (χ2v) is 3.38. The number of nitrogens with two attached hydrogens (primary N) is 1. The Hall–Kier alpha value is -0.300. The molecule has 0 aromatic rings. The summed E-state index contributed by atoms with van der Waals surface area (Å²) in [7, 11) is 1.50. The maximum Gasteiger partial charge on any atom is -0.0180 e. The molecule has 1 rings (SSSR count). The van der Waals surface area contributed by atoms with Crippen LogP contribution in [0.25, 0.3) is 0 Å². The van der Waals surface area contributed by atoms with E-state index in [0.29, 0.717) is 0 Å². The third kappa shape index (κ3) is 2.63. The molecule has 2 unspecified atom stereocenters. The molecule has 2 N–H and O–H groups in total. The van der Waals surface area contributed by atoms with E-state index in [1.807, 2.05) is 0 Å². The van der Waals surface area contributed by atoms with Gasteiger partial charge in [0.05, 0.1) is 0 Å². The Bertz CT molecular complexity index is 129. The number of allylic oxidation sites excluding steroid dienone is 1. The van der Waals surface area contributed by atoms with E-state index >= 15 is 0 Å². The lowest BCUT2D eigenvalue weighted by atomic mass is 9.90. The van der Waals surface area contributed by atoms with Crippen LogP contribution in [0.3, 0.4) is 0 Å². The highest BCUT2D eigenvalue weighted by Gasteiger charge is 2.26. The van der Waals surface area contributed by atoms with Crippen LogP contribution in [0.15, 0.2) is 12.2 Å². The molecular weight excluding hydrogens is 146 g/mol. The minimum atomic E-state index is 0.852. The summed E-state index contributed by atoms with van der Waals surface area (Å²) < 4.78 is 0. The second kappa shape index (κ2) is 6.24. The third-order valence-corrected chi connectivity index (χ3v) is 2.89. The standard InChI is InChI=1S/C10H18.CH5N/c1-4-9-7-6-8(3)10(9)5-2;1-2/h9-10H,3-7H2,1-2H3;2H2,1H3. The Labute approximate surface area is 77.0 Å². The van der Waals surface area contributed by atoms with Crippen molar-refractivity contribution in [2.75, 3.05) is 7.05 Å². The SMILES string of the molecule is C=C1CCC(CC)C1CC.CN. The first-order valence-electron chi connectivity index (χ1n) is 5.05. The average molecular weight is 169 g/mol. The van der Waals surface area contributed by atoms with E-state index in [0.717, 1.165) is 11.8 Å². The van der Waals surface area contributed by atoms with E-state index < -0.39 is 0 Å². The molecule has 12 heavy (non-hydrogen) atoms. The zero-order chi connectivity index (χ0) is 9.56. The zero-order valence-corrected chi connectivity index (χ0v) is 8.77. The van der Waals surface area contributed by atoms with Gasteiger partial charge in [-0.3, -0.25) is 0 Å². The highest BCUT2D eigenvalue weighted by molar-refractivity contribution is 5.08. The molecule has 0 aliphatic heterocycles. The Kier molecular flexibility index (Phi) is 6.09. The molecule has 1 fully saturated rings. The fourth-order valence-electron chi connectivity index (χ4n) is 2.20. The molecular formula is C11H23N. The van der Waals surface area contributed by atoms with E-state index in [4.69, 9.17) is 0 Å².